The van der Waals surface area contributed by atoms with Crippen LogP contribution in [-0.4, -0.2) is 40.3 Å². The highest BCUT2D eigenvalue weighted by Crippen LogP contribution is 2.29. The number of carbonyl (C=O) groups is 1. The van der Waals surface area contributed by atoms with Gasteiger partial charge in [-0.05, 0) is 24.7 Å². The van der Waals surface area contributed by atoms with Crippen LogP contribution < -0.4 is 0 Å². The number of carbonyl (C=O) groups excluding carboxylic acids is 1. The molecule has 4 nitrogen and oxygen atoms in total. The first-order valence-electron chi connectivity index (χ1n) is 10.3. The van der Waals surface area contributed by atoms with Crippen LogP contribution in [0.1, 0.15) is 77.0 Å². The van der Waals surface area contributed by atoms with Crippen LogP contribution in [0.5, 0.6) is 0 Å². The summed E-state index contributed by atoms with van der Waals surface area (Å²) >= 11 is 0. The summed E-state index contributed by atoms with van der Waals surface area (Å²) in [7, 11) is 0. The minimum atomic E-state index is -1.01. The lowest BCUT2D eigenvalue weighted by molar-refractivity contribution is -0.157. The van der Waals surface area contributed by atoms with E-state index in [1.54, 1.807) is 4.90 Å². The van der Waals surface area contributed by atoms with Crippen molar-refractivity contribution in [2.45, 2.75) is 83.4 Å². The molecule has 1 N–H and O–H groups in total. The van der Waals surface area contributed by atoms with Crippen molar-refractivity contribution < 1.29 is 14.3 Å². The maximum Gasteiger partial charge on any atom is 0.287 e. The third kappa shape index (κ3) is 4.96. The highest BCUT2D eigenvalue weighted by Gasteiger charge is 2.34. The predicted octanol–water partition coefficient (Wildman–Crippen LogP) is 4.16. The zero-order valence-corrected chi connectivity index (χ0v) is 15.3. The first-order chi connectivity index (χ1) is 12.1. The van der Waals surface area contributed by atoms with Gasteiger partial charge in [-0.3, -0.25) is 9.69 Å². The van der Waals surface area contributed by atoms with Gasteiger partial charge in [0.15, 0.2) is 0 Å². The molecule has 0 saturated heterocycles. The maximum atomic E-state index is 14.1. The molecule has 1 unspecified atom stereocenters. The van der Waals surface area contributed by atoms with Gasteiger partial charge in [-0.2, -0.15) is 4.39 Å². The molecule has 0 radical (unpaired) electrons. The van der Waals surface area contributed by atoms with Gasteiger partial charge in [-0.15, -0.1) is 0 Å². The van der Waals surface area contributed by atoms with Gasteiger partial charge in [-0.25, -0.2) is 0 Å². The van der Waals surface area contributed by atoms with Crippen molar-refractivity contribution >= 4 is 5.91 Å². The maximum absolute atomic E-state index is 14.1. The molecule has 1 atom stereocenters. The number of aliphatic hydroxyl groups is 1. The molecule has 142 valence electrons. The van der Waals surface area contributed by atoms with Crippen LogP contribution in [0.25, 0.3) is 0 Å². The van der Waals surface area contributed by atoms with E-state index in [2.05, 4.69) is 0 Å². The van der Waals surface area contributed by atoms with Crippen LogP contribution in [0.3, 0.4) is 0 Å². The Hall–Kier alpha value is -1.10. The van der Waals surface area contributed by atoms with Crippen molar-refractivity contribution in [1.82, 2.24) is 9.80 Å². The molecule has 5 heteroatoms. The normalized spacial score (nSPS) is 26.9. The summed E-state index contributed by atoms with van der Waals surface area (Å²) in [5.74, 6) is -0.112. The quantitative estimate of drug-likeness (QED) is 0.781. The van der Waals surface area contributed by atoms with Crippen molar-refractivity contribution in [1.29, 1.82) is 0 Å². The van der Waals surface area contributed by atoms with Crippen LogP contribution in [0, 0.1) is 11.8 Å². The van der Waals surface area contributed by atoms with Gasteiger partial charge in [0.25, 0.3) is 5.91 Å². The third-order valence-corrected chi connectivity index (χ3v) is 6.34. The van der Waals surface area contributed by atoms with Gasteiger partial charge in [0.05, 0.1) is 0 Å². The average molecular weight is 352 g/mol. The number of hydrogen-bond acceptors (Lipinski definition) is 3. The highest BCUT2D eigenvalue weighted by molar-refractivity contribution is 5.91. The van der Waals surface area contributed by atoms with Gasteiger partial charge in [0.1, 0.15) is 0 Å². The minimum absolute atomic E-state index is 0.450. The summed E-state index contributed by atoms with van der Waals surface area (Å²) < 4.78 is 14.1. The van der Waals surface area contributed by atoms with E-state index in [-0.39, 0.29) is 0 Å². The third-order valence-electron chi connectivity index (χ3n) is 6.34. The predicted molar refractivity (Wildman–Crippen MR) is 96.0 cm³/mol. The fourth-order valence-corrected chi connectivity index (χ4v) is 4.69. The molecule has 2 aliphatic carbocycles. The Morgan fingerprint density at radius 1 is 0.920 bits per heavy atom. The summed E-state index contributed by atoms with van der Waals surface area (Å²) in [6.45, 7) is 1.07. The lowest BCUT2D eigenvalue weighted by Gasteiger charge is -2.39. The van der Waals surface area contributed by atoms with Crippen LogP contribution in [0.15, 0.2) is 12.0 Å². The van der Waals surface area contributed by atoms with Gasteiger partial charge in [-0.1, -0.05) is 64.2 Å². The Labute approximate surface area is 151 Å². The lowest BCUT2D eigenvalue weighted by atomic mass is 9.87. The minimum Gasteiger partial charge on any atom is -0.356 e. The van der Waals surface area contributed by atoms with E-state index in [0.29, 0.717) is 24.9 Å². The zero-order valence-electron chi connectivity index (χ0n) is 15.3. The molecule has 1 amide bonds. The molecule has 1 aliphatic heterocycles. The van der Waals surface area contributed by atoms with E-state index < -0.39 is 18.1 Å². The van der Waals surface area contributed by atoms with Crippen LogP contribution >= 0.6 is 0 Å². The monoisotopic (exact) mass is 352 g/mol. The Morgan fingerprint density at radius 3 is 2.00 bits per heavy atom. The largest absolute Gasteiger partial charge is 0.356 e. The molecule has 0 aromatic rings. The van der Waals surface area contributed by atoms with Gasteiger partial charge in [0, 0.05) is 19.3 Å². The van der Waals surface area contributed by atoms with Crippen molar-refractivity contribution in [2.75, 3.05) is 13.1 Å². The van der Waals surface area contributed by atoms with Gasteiger partial charge in [0.2, 0.25) is 12.2 Å². The van der Waals surface area contributed by atoms with Crippen LogP contribution in [-0.2, 0) is 4.79 Å². The Kier molecular flexibility index (Phi) is 6.74. The number of nitrogens with zero attached hydrogens (tertiary/aromatic N) is 2. The summed E-state index contributed by atoms with van der Waals surface area (Å²) in [5, 5.41) is 10.6. The SMILES string of the molecule is O=C1C(F)=CN(CCC2CCCCC2)C(O)N1CCC1CCCCC1. The summed E-state index contributed by atoms with van der Waals surface area (Å²) in [5.41, 5.74) is 0. The van der Waals surface area contributed by atoms with E-state index >= 15 is 0 Å². The standard InChI is InChI=1S/C20H33FN2O2/c21-18-15-22(13-11-16-7-3-1-4-8-16)20(25)23(19(18)24)14-12-17-9-5-2-6-10-17/h15-17,20,25H,1-14H2. The smallest absolute Gasteiger partial charge is 0.287 e. The van der Waals surface area contributed by atoms with Crippen molar-refractivity contribution in [3.63, 3.8) is 0 Å². The summed E-state index contributed by atoms with van der Waals surface area (Å²) in [4.78, 5) is 15.1. The molecule has 1 heterocycles. The van der Waals surface area contributed by atoms with Crippen molar-refractivity contribution in [3.05, 3.63) is 12.0 Å². The molecule has 0 aromatic carbocycles. The summed E-state index contributed by atoms with van der Waals surface area (Å²) in [6, 6.07) is 0. The van der Waals surface area contributed by atoms with Gasteiger partial charge < -0.3 is 10.0 Å². The molecule has 3 aliphatic rings. The molecule has 3 rings (SSSR count). The van der Waals surface area contributed by atoms with Crippen LogP contribution in [0.4, 0.5) is 4.39 Å². The lowest BCUT2D eigenvalue weighted by Crippen LogP contribution is -2.53. The fraction of sp³-hybridized carbons (Fsp3) is 0.850. The number of aliphatic hydroxyl groups excluding tert-OH is 1. The number of amides is 1. The van der Waals surface area contributed by atoms with E-state index in [4.69, 9.17) is 0 Å². The van der Waals surface area contributed by atoms with E-state index in [0.717, 1.165) is 12.8 Å². The Bertz CT molecular complexity index is 470. The highest BCUT2D eigenvalue weighted by atomic mass is 19.1. The fourth-order valence-electron chi connectivity index (χ4n) is 4.69. The molecule has 2 saturated carbocycles. The van der Waals surface area contributed by atoms with Crippen molar-refractivity contribution in [2.24, 2.45) is 11.8 Å². The number of rotatable bonds is 6. The Morgan fingerprint density at radius 2 is 1.44 bits per heavy atom. The second-order valence-electron chi connectivity index (χ2n) is 8.15. The average Bonchev–Trinajstić information content (AvgIpc) is 2.65. The molecular weight excluding hydrogens is 319 g/mol. The molecule has 0 spiro atoms. The van der Waals surface area contributed by atoms with Crippen molar-refractivity contribution in [3.8, 4) is 0 Å². The first-order valence-corrected chi connectivity index (χ1v) is 10.3. The zero-order chi connectivity index (χ0) is 17.6. The molecular formula is C20H33FN2O2. The van der Waals surface area contributed by atoms with Gasteiger partial charge >= 0.3 is 0 Å². The molecule has 0 aromatic heterocycles. The molecule has 2 fully saturated rings. The molecule has 25 heavy (non-hydrogen) atoms. The van der Waals surface area contributed by atoms with E-state index in [9.17, 15) is 14.3 Å². The Balaban J connectivity index is 1.53. The number of hydrogen-bond donors (Lipinski definition) is 1. The second-order valence-corrected chi connectivity index (χ2v) is 8.15. The van der Waals surface area contributed by atoms with E-state index in [1.807, 2.05) is 0 Å². The summed E-state index contributed by atoms with van der Waals surface area (Å²) in [6.07, 6.45) is 14.6. The first kappa shape index (κ1) is 18.7. The number of halogens is 1. The topological polar surface area (TPSA) is 43.8 Å². The second kappa shape index (κ2) is 9.02. The van der Waals surface area contributed by atoms with Crippen LogP contribution in [0.2, 0.25) is 0 Å². The molecule has 0 bridgehead atoms. The van der Waals surface area contributed by atoms with E-state index in [1.165, 1.54) is 75.3 Å².